The maximum atomic E-state index is 11.9. The fraction of sp³-hybridized carbons (Fsp3) is 1.00. The van der Waals surface area contributed by atoms with Gasteiger partial charge in [-0.05, 0) is 27.7 Å². The van der Waals surface area contributed by atoms with Crippen molar-refractivity contribution in [1.29, 1.82) is 0 Å². The molecule has 0 aromatic rings. The molecule has 11 heavy (non-hydrogen) atoms. The molecule has 0 rings (SSSR count). The fourth-order valence-electron chi connectivity index (χ4n) is 0.597. The zero-order valence-corrected chi connectivity index (χ0v) is 7.12. The first-order valence-electron chi connectivity index (χ1n) is 3.37. The van der Waals surface area contributed by atoms with Crippen LogP contribution in [0.25, 0.3) is 0 Å². The van der Waals surface area contributed by atoms with Gasteiger partial charge in [0.15, 0.2) is 6.10 Å². The molecule has 0 aliphatic heterocycles. The van der Waals surface area contributed by atoms with Crippen molar-refractivity contribution in [2.45, 2.75) is 45.6 Å². The fourth-order valence-corrected chi connectivity index (χ4v) is 0.597. The first kappa shape index (κ1) is 10.8. The molecule has 0 aromatic heterocycles. The highest BCUT2D eigenvalue weighted by Crippen LogP contribution is 2.25. The summed E-state index contributed by atoms with van der Waals surface area (Å²) in [5.41, 5.74) is -0.741. The summed E-state index contributed by atoms with van der Waals surface area (Å²) < 4.78 is 40.2. The van der Waals surface area contributed by atoms with Crippen molar-refractivity contribution in [1.82, 2.24) is 0 Å². The van der Waals surface area contributed by atoms with Gasteiger partial charge in [-0.3, -0.25) is 0 Å². The highest BCUT2D eigenvalue weighted by Gasteiger charge is 2.39. The molecule has 0 amide bonds. The SMILES string of the molecule is CC(OC(C)(C)C)C(F)(F)F. The van der Waals surface area contributed by atoms with E-state index in [1.807, 2.05) is 0 Å². The zero-order valence-electron chi connectivity index (χ0n) is 7.12. The van der Waals surface area contributed by atoms with Crippen molar-refractivity contribution in [3.8, 4) is 0 Å². The number of hydrogen-bond acceptors (Lipinski definition) is 1. The lowest BCUT2D eigenvalue weighted by Crippen LogP contribution is -2.35. The van der Waals surface area contributed by atoms with Gasteiger partial charge in [-0.25, -0.2) is 0 Å². The van der Waals surface area contributed by atoms with Gasteiger partial charge >= 0.3 is 6.18 Å². The van der Waals surface area contributed by atoms with Crippen LogP contribution in [0.5, 0.6) is 0 Å². The van der Waals surface area contributed by atoms with Gasteiger partial charge in [0.05, 0.1) is 5.60 Å². The van der Waals surface area contributed by atoms with E-state index in [0.29, 0.717) is 0 Å². The van der Waals surface area contributed by atoms with Gasteiger partial charge in [0, 0.05) is 0 Å². The normalized spacial score (nSPS) is 16.6. The van der Waals surface area contributed by atoms with Crippen molar-refractivity contribution >= 4 is 0 Å². The zero-order chi connectivity index (χ0) is 9.28. The Morgan fingerprint density at radius 3 is 1.55 bits per heavy atom. The van der Waals surface area contributed by atoms with Gasteiger partial charge in [0.25, 0.3) is 0 Å². The maximum absolute atomic E-state index is 11.9. The molecule has 0 aromatic carbocycles. The van der Waals surface area contributed by atoms with Gasteiger partial charge in [0.2, 0.25) is 0 Å². The largest absolute Gasteiger partial charge is 0.414 e. The highest BCUT2D eigenvalue weighted by atomic mass is 19.4. The molecular weight excluding hydrogens is 157 g/mol. The van der Waals surface area contributed by atoms with Crippen LogP contribution in [-0.2, 0) is 4.74 Å². The Kier molecular flexibility index (Phi) is 2.94. The van der Waals surface area contributed by atoms with E-state index in [2.05, 4.69) is 4.74 Å². The van der Waals surface area contributed by atoms with E-state index < -0.39 is 17.9 Å². The second-order valence-corrected chi connectivity index (χ2v) is 3.41. The molecule has 4 heteroatoms. The summed E-state index contributed by atoms with van der Waals surface area (Å²) in [6, 6.07) is 0. The lowest BCUT2D eigenvalue weighted by molar-refractivity contribution is -0.238. The van der Waals surface area contributed by atoms with E-state index in [4.69, 9.17) is 0 Å². The summed E-state index contributed by atoms with van der Waals surface area (Å²) in [5.74, 6) is 0. The number of halogens is 3. The Morgan fingerprint density at radius 1 is 1.09 bits per heavy atom. The topological polar surface area (TPSA) is 9.23 Å². The third kappa shape index (κ3) is 5.07. The van der Waals surface area contributed by atoms with Crippen LogP contribution >= 0.6 is 0 Å². The minimum Gasteiger partial charge on any atom is -0.363 e. The van der Waals surface area contributed by atoms with Gasteiger partial charge in [-0.2, -0.15) is 13.2 Å². The maximum Gasteiger partial charge on any atom is 0.414 e. The first-order valence-corrected chi connectivity index (χ1v) is 3.37. The Labute approximate surface area is 64.5 Å². The lowest BCUT2D eigenvalue weighted by Gasteiger charge is -2.26. The Morgan fingerprint density at radius 2 is 1.45 bits per heavy atom. The van der Waals surface area contributed by atoms with Gasteiger partial charge in [-0.15, -0.1) is 0 Å². The average molecular weight is 170 g/mol. The average Bonchev–Trinajstić information content (AvgIpc) is 1.56. The molecule has 0 saturated heterocycles. The molecular formula is C7H13F3O. The predicted octanol–water partition coefficient (Wildman–Crippen LogP) is 2.75. The number of rotatable bonds is 1. The minimum atomic E-state index is -4.26. The van der Waals surface area contributed by atoms with E-state index in [-0.39, 0.29) is 0 Å². The van der Waals surface area contributed by atoms with Crippen LogP contribution in [0.2, 0.25) is 0 Å². The monoisotopic (exact) mass is 170 g/mol. The van der Waals surface area contributed by atoms with E-state index in [1.54, 1.807) is 20.8 Å². The lowest BCUT2D eigenvalue weighted by atomic mass is 10.2. The number of ether oxygens (including phenoxy) is 1. The van der Waals surface area contributed by atoms with Crippen LogP contribution in [0.1, 0.15) is 27.7 Å². The van der Waals surface area contributed by atoms with Crippen LogP contribution < -0.4 is 0 Å². The first-order chi connectivity index (χ1) is 4.63. The van der Waals surface area contributed by atoms with Crippen LogP contribution in [0, 0.1) is 0 Å². The third-order valence-electron chi connectivity index (χ3n) is 0.991. The Bertz CT molecular complexity index is 123. The smallest absolute Gasteiger partial charge is 0.363 e. The Balaban J connectivity index is 3.99. The van der Waals surface area contributed by atoms with Gasteiger partial charge < -0.3 is 4.74 Å². The summed E-state index contributed by atoms with van der Waals surface area (Å²) in [5, 5.41) is 0. The second kappa shape index (κ2) is 3.01. The molecule has 68 valence electrons. The van der Waals surface area contributed by atoms with E-state index >= 15 is 0 Å². The molecule has 0 radical (unpaired) electrons. The van der Waals surface area contributed by atoms with Crippen LogP contribution in [0.4, 0.5) is 13.2 Å². The molecule has 0 N–H and O–H groups in total. The molecule has 0 spiro atoms. The van der Waals surface area contributed by atoms with Crippen molar-refractivity contribution in [2.75, 3.05) is 0 Å². The van der Waals surface area contributed by atoms with Crippen LogP contribution in [-0.4, -0.2) is 17.9 Å². The van der Waals surface area contributed by atoms with Gasteiger partial charge in [-0.1, -0.05) is 0 Å². The van der Waals surface area contributed by atoms with E-state index in [0.717, 1.165) is 6.92 Å². The third-order valence-corrected chi connectivity index (χ3v) is 0.991. The quantitative estimate of drug-likeness (QED) is 0.588. The molecule has 1 nitrogen and oxygen atoms in total. The molecule has 0 bridgehead atoms. The number of alkyl halides is 3. The van der Waals surface area contributed by atoms with Crippen molar-refractivity contribution in [3.05, 3.63) is 0 Å². The van der Waals surface area contributed by atoms with E-state index in [1.165, 1.54) is 0 Å². The van der Waals surface area contributed by atoms with Crippen molar-refractivity contribution in [3.63, 3.8) is 0 Å². The molecule has 1 unspecified atom stereocenters. The standard InChI is InChI=1S/C7H13F3O/c1-5(7(8,9)10)11-6(2,3)4/h5H,1-4H3. The van der Waals surface area contributed by atoms with Gasteiger partial charge in [0.1, 0.15) is 0 Å². The van der Waals surface area contributed by atoms with Crippen LogP contribution in [0.3, 0.4) is 0 Å². The molecule has 0 aliphatic rings. The molecule has 0 fully saturated rings. The molecule has 0 saturated carbocycles. The molecule has 0 aliphatic carbocycles. The Hall–Kier alpha value is -0.250. The summed E-state index contributed by atoms with van der Waals surface area (Å²) >= 11 is 0. The minimum absolute atomic E-state index is 0.741. The second-order valence-electron chi connectivity index (χ2n) is 3.41. The van der Waals surface area contributed by atoms with Crippen molar-refractivity contribution in [2.24, 2.45) is 0 Å². The predicted molar refractivity (Wildman–Crippen MR) is 36.4 cm³/mol. The summed E-state index contributed by atoms with van der Waals surface area (Å²) in [6.07, 6.45) is -5.95. The summed E-state index contributed by atoms with van der Waals surface area (Å²) in [7, 11) is 0. The van der Waals surface area contributed by atoms with Crippen molar-refractivity contribution < 1.29 is 17.9 Å². The summed E-state index contributed by atoms with van der Waals surface area (Å²) in [6.45, 7) is 5.78. The molecule has 0 heterocycles. The summed E-state index contributed by atoms with van der Waals surface area (Å²) in [4.78, 5) is 0. The molecule has 1 atom stereocenters. The number of hydrogen-bond donors (Lipinski definition) is 0. The van der Waals surface area contributed by atoms with E-state index in [9.17, 15) is 13.2 Å². The highest BCUT2D eigenvalue weighted by molar-refractivity contribution is 4.67. The van der Waals surface area contributed by atoms with Crippen LogP contribution in [0.15, 0.2) is 0 Å².